The Morgan fingerprint density at radius 1 is 0.943 bits per heavy atom. The van der Waals surface area contributed by atoms with E-state index in [9.17, 15) is 13.2 Å². The van der Waals surface area contributed by atoms with Gasteiger partial charge in [-0.1, -0.05) is 24.3 Å². The lowest BCUT2D eigenvalue weighted by Crippen LogP contribution is -2.42. The fraction of sp³-hybridized carbons (Fsp3) is 0.407. The molecule has 3 aromatic rings. The zero-order chi connectivity index (χ0) is 25.5. The van der Waals surface area contributed by atoms with Crippen LogP contribution < -0.4 is 5.32 Å². The summed E-state index contributed by atoms with van der Waals surface area (Å²) in [5, 5.41) is 7.67. The highest BCUT2D eigenvalue weighted by molar-refractivity contribution is 7.89. The van der Waals surface area contributed by atoms with Gasteiger partial charge < -0.3 is 5.32 Å². The predicted octanol–water partition coefficient (Wildman–Crippen LogP) is 4.76. The molecule has 1 aliphatic rings. The number of rotatable bonds is 5. The minimum Gasteiger partial charge on any atom is -0.323 e. The predicted molar refractivity (Wildman–Crippen MR) is 139 cm³/mol. The van der Waals surface area contributed by atoms with Gasteiger partial charge in [0.25, 0.3) is 0 Å². The number of para-hydroxylation sites is 1. The summed E-state index contributed by atoms with van der Waals surface area (Å²) in [6.07, 6.45) is 0.970. The zero-order valence-corrected chi connectivity index (χ0v) is 22.2. The van der Waals surface area contributed by atoms with E-state index in [4.69, 9.17) is 0 Å². The van der Waals surface area contributed by atoms with Crippen LogP contribution in [0.25, 0.3) is 5.69 Å². The lowest BCUT2D eigenvalue weighted by atomic mass is 9.97. The van der Waals surface area contributed by atoms with Crippen LogP contribution in [-0.4, -0.2) is 41.5 Å². The number of piperidine rings is 1. The van der Waals surface area contributed by atoms with Gasteiger partial charge in [0.15, 0.2) is 0 Å². The van der Waals surface area contributed by atoms with Gasteiger partial charge >= 0.3 is 0 Å². The Hall–Kier alpha value is -2.97. The normalized spacial score (nSPS) is 15.4. The molecule has 4 rings (SSSR count). The maximum atomic E-state index is 13.5. The number of hydrogen-bond acceptors (Lipinski definition) is 4. The molecule has 8 heteroatoms. The van der Waals surface area contributed by atoms with E-state index in [1.807, 2.05) is 82.6 Å². The number of nitrogens with zero attached hydrogens (tertiary/aromatic N) is 3. The molecule has 1 aliphatic heterocycles. The number of nitrogens with one attached hydrogen (secondary N) is 1. The smallest absolute Gasteiger partial charge is 0.243 e. The molecule has 186 valence electrons. The summed E-state index contributed by atoms with van der Waals surface area (Å²) >= 11 is 0. The molecule has 0 saturated carbocycles. The molecule has 0 unspecified atom stereocenters. The molecule has 0 radical (unpaired) electrons. The van der Waals surface area contributed by atoms with Crippen LogP contribution in [0.15, 0.2) is 41.3 Å². The summed E-state index contributed by atoms with van der Waals surface area (Å²) < 4.78 is 30.4. The molecule has 0 aliphatic carbocycles. The maximum Gasteiger partial charge on any atom is 0.243 e. The van der Waals surface area contributed by atoms with E-state index in [1.54, 1.807) is 0 Å². The van der Waals surface area contributed by atoms with E-state index >= 15 is 0 Å². The molecule has 2 heterocycles. The second-order valence-corrected chi connectivity index (χ2v) is 11.4. The number of benzene rings is 2. The van der Waals surface area contributed by atoms with Crippen molar-refractivity contribution in [3.8, 4) is 5.69 Å². The minimum atomic E-state index is -3.63. The number of sulfonamides is 1. The average molecular weight is 495 g/mol. The number of carbonyl (C=O) groups is 1. The third kappa shape index (κ3) is 4.65. The van der Waals surface area contributed by atoms with Crippen molar-refractivity contribution in [2.75, 3.05) is 18.4 Å². The molecule has 1 fully saturated rings. The highest BCUT2D eigenvalue weighted by Crippen LogP contribution is 2.32. The third-order valence-electron chi connectivity index (χ3n) is 7.26. The first-order chi connectivity index (χ1) is 16.5. The molecule has 1 N–H and O–H groups in total. The number of hydrogen-bond donors (Lipinski definition) is 1. The topological polar surface area (TPSA) is 84.3 Å². The first kappa shape index (κ1) is 25.1. The van der Waals surface area contributed by atoms with E-state index < -0.39 is 10.0 Å². The van der Waals surface area contributed by atoms with Crippen molar-refractivity contribution in [2.45, 2.75) is 59.3 Å². The Balaban J connectivity index is 1.48. The van der Waals surface area contributed by atoms with Crippen molar-refractivity contribution in [3.05, 3.63) is 70.0 Å². The summed E-state index contributed by atoms with van der Waals surface area (Å²) in [4.78, 5) is 13.5. The molecule has 1 aromatic heterocycles. The van der Waals surface area contributed by atoms with Crippen LogP contribution in [0.4, 0.5) is 5.69 Å². The first-order valence-corrected chi connectivity index (χ1v) is 13.5. The molecule has 35 heavy (non-hydrogen) atoms. The Bertz CT molecular complexity index is 1340. The molecule has 1 saturated heterocycles. The van der Waals surface area contributed by atoms with E-state index in [0.29, 0.717) is 30.8 Å². The summed E-state index contributed by atoms with van der Waals surface area (Å²) in [6.45, 7) is 12.1. The lowest BCUT2D eigenvalue weighted by molar-refractivity contribution is -0.120. The Morgan fingerprint density at radius 2 is 1.51 bits per heavy atom. The number of carbonyl (C=O) groups excluding carboxylic acids is 1. The SMILES string of the molecule is Cc1cc(C)c(C)c(S(=O)(=O)N2CCC(C(=O)Nc3c(C)nn(-c4ccccc4)c3C)CC2)c1C. The third-order valence-corrected chi connectivity index (χ3v) is 9.43. The quantitative estimate of drug-likeness (QED) is 0.554. The summed E-state index contributed by atoms with van der Waals surface area (Å²) in [7, 11) is -3.63. The fourth-order valence-corrected chi connectivity index (χ4v) is 6.97. The highest BCUT2D eigenvalue weighted by Gasteiger charge is 2.34. The molecular weight excluding hydrogens is 460 g/mol. The van der Waals surface area contributed by atoms with Gasteiger partial charge in [0.1, 0.15) is 0 Å². The van der Waals surface area contributed by atoms with Gasteiger partial charge in [0.05, 0.1) is 27.7 Å². The molecule has 2 aromatic carbocycles. The van der Waals surface area contributed by atoms with Crippen LogP contribution in [-0.2, 0) is 14.8 Å². The van der Waals surface area contributed by atoms with Gasteiger partial charge in [0, 0.05) is 19.0 Å². The Labute approximate surface area is 208 Å². The van der Waals surface area contributed by atoms with Crippen molar-refractivity contribution >= 4 is 21.6 Å². The van der Waals surface area contributed by atoms with Crippen molar-refractivity contribution in [3.63, 3.8) is 0 Å². The van der Waals surface area contributed by atoms with Gasteiger partial charge in [-0.25, -0.2) is 13.1 Å². The minimum absolute atomic E-state index is 0.0837. The Morgan fingerprint density at radius 3 is 2.09 bits per heavy atom. The van der Waals surface area contributed by atoms with Crippen LogP contribution in [0.5, 0.6) is 0 Å². The molecular formula is C27H34N4O3S. The number of aromatic nitrogens is 2. The van der Waals surface area contributed by atoms with E-state index in [-0.39, 0.29) is 11.8 Å². The van der Waals surface area contributed by atoms with Crippen LogP contribution >= 0.6 is 0 Å². The summed E-state index contributed by atoms with van der Waals surface area (Å²) in [6, 6.07) is 11.8. The van der Waals surface area contributed by atoms with Crippen LogP contribution in [0, 0.1) is 47.5 Å². The largest absolute Gasteiger partial charge is 0.323 e. The van der Waals surface area contributed by atoms with Crippen LogP contribution in [0.3, 0.4) is 0 Å². The molecule has 7 nitrogen and oxygen atoms in total. The molecule has 0 bridgehead atoms. The molecule has 1 amide bonds. The van der Waals surface area contributed by atoms with Gasteiger partial charge in [-0.2, -0.15) is 9.40 Å². The van der Waals surface area contributed by atoms with Gasteiger partial charge in [-0.15, -0.1) is 0 Å². The number of aryl methyl sites for hydroxylation is 3. The first-order valence-electron chi connectivity index (χ1n) is 12.0. The zero-order valence-electron chi connectivity index (χ0n) is 21.3. The standard InChI is InChI=1S/C27H34N4O3S/c1-17-16-18(2)20(4)26(19(17)3)35(33,34)30-14-12-23(13-15-30)27(32)28-25-21(5)29-31(22(25)6)24-10-8-7-9-11-24/h7-11,16,23H,12-15H2,1-6H3,(H,28,32). The average Bonchev–Trinajstić information content (AvgIpc) is 3.11. The number of amides is 1. The van der Waals surface area contributed by atoms with Crippen LogP contribution in [0.2, 0.25) is 0 Å². The Kier molecular flexibility index (Phi) is 6.88. The van der Waals surface area contributed by atoms with Crippen LogP contribution in [0.1, 0.15) is 46.5 Å². The van der Waals surface area contributed by atoms with E-state index in [2.05, 4.69) is 10.4 Å². The van der Waals surface area contributed by atoms with Crippen molar-refractivity contribution in [1.29, 1.82) is 0 Å². The number of anilines is 1. The maximum absolute atomic E-state index is 13.5. The second kappa shape index (κ2) is 9.59. The molecule has 0 atom stereocenters. The lowest BCUT2D eigenvalue weighted by Gasteiger charge is -2.31. The van der Waals surface area contributed by atoms with Gasteiger partial charge in [0.2, 0.25) is 15.9 Å². The summed E-state index contributed by atoms with van der Waals surface area (Å²) in [5.41, 5.74) is 6.82. The molecule has 0 spiro atoms. The van der Waals surface area contributed by atoms with Crippen molar-refractivity contribution in [1.82, 2.24) is 14.1 Å². The van der Waals surface area contributed by atoms with Gasteiger partial charge in [-0.3, -0.25) is 4.79 Å². The van der Waals surface area contributed by atoms with E-state index in [0.717, 1.165) is 45.0 Å². The second-order valence-electron chi connectivity index (χ2n) is 9.55. The highest BCUT2D eigenvalue weighted by atomic mass is 32.2. The van der Waals surface area contributed by atoms with Crippen molar-refractivity contribution in [2.24, 2.45) is 5.92 Å². The van der Waals surface area contributed by atoms with E-state index in [1.165, 1.54) is 4.31 Å². The van der Waals surface area contributed by atoms with Crippen molar-refractivity contribution < 1.29 is 13.2 Å². The monoisotopic (exact) mass is 494 g/mol. The van der Waals surface area contributed by atoms with Gasteiger partial charge in [-0.05, 0) is 88.8 Å². The fourth-order valence-electron chi connectivity index (χ4n) is 4.92. The summed E-state index contributed by atoms with van der Waals surface area (Å²) in [5.74, 6) is -0.332.